The Bertz CT molecular complexity index is 758. The van der Waals surface area contributed by atoms with Crippen LogP contribution in [0.2, 0.25) is 0 Å². The monoisotopic (exact) mass is 257 g/mol. The van der Waals surface area contributed by atoms with Crippen molar-refractivity contribution in [1.29, 1.82) is 0 Å². The molecule has 0 saturated heterocycles. The fourth-order valence-electron chi connectivity index (χ4n) is 1.86. The maximum absolute atomic E-state index is 11.5. The van der Waals surface area contributed by atoms with E-state index in [-0.39, 0.29) is 5.82 Å². The van der Waals surface area contributed by atoms with Gasteiger partial charge in [-0.25, -0.2) is 14.3 Å². The Labute approximate surface area is 108 Å². The highest BCUT2D eigenvalue weighted by Crippen LogP contribution is 2.19. The second-order valence-corrected chi connectivity index (χ2v) is 4.01. The number of carbonyl (C=O) groups is 1. The number of aromatic nitrogens is 5. The predicted molar refractivity (Wildman–Crippen MR) is 66.5 cm³/mol. The van der Waals surface area contributed by atoms with Crippen LogP contribution in [0.3, 0.4) is 0 Å². The topological polar surface area (TPSA) is 74.3 Å². The maximum Gasteiger partial charge on any atom is 0.377 e. The summed E-state index contributed by atoms with van der Waals surface area (Å²) in [5.41, 5.74) is 2.30. The van der Waals surface area contributed by atoms with Crippen molar-refractivity contribution in [3.05, 3.63) is 36.4 Å². The summed E-state index contributed by atoms with van der Waals surface area (Å²) in [6.07, 6.45) is 3.60. The second kappa shape index (κ2) is 4.20. The lowest BCUT2D eigenvalue weighted by molar-refractivity contribution is 0.0587. The molecule has 3 aromatic rings. The third-order valence-corrected chi connectivity index (χ3v) is 2.73. The van der Waals surface area contributed by atoms with Crippen molar-refractivity contribution >= 4 is 11.6 Å². The Balaban J connectivity index is 2.20. The van der Waals surface area contributed by atoms with Gasteiger partial charge in [0.05, 0.1) is 19.0 Å². The van der Waals surface area contributed by atoms with Gasteiger partial charge in [-0.3, -0.25) is 4.68 Å². The van der Waals surface area contributed by atoms with Gasteiger partial charge in [-0.05, 0) is 12.1 Å². The number of methoxy groups -OCH3 is 1. The molecule has 0 aliphatic rings. The highest BCUT2D eigenvalue weighted by atomic mass is 16.5. The average molecular weight is 257 g/mol. The van der Waals surface area contributed by atoms with Gasteiger partial charge in [-0.2, -0.15) is 5.10 Å². The van der Waals surface area contributed by atoms with Gasteiger partial charge in [0, 0.05) is 18.8 Å². The van der Waals surface area contributed by atoms with Crippen LogP contribution in [-0.4, -0.2) is 37.5 Å². The zero-order valence-electron chi connectivity index (χ0n) is 10.4. The Kier molecular flexibility index (Phi) is 2.52. The maximum atomic E-state index is 11.5. The number of fused-ring (bicyclic) bond motifs is 1. The molecule has 0 atom stereocenters. The molecular weight excluding hydrogens is 246 g/mol. The van der Waals surface area contributed by atoms with Crippen LogP contribution in [0.15, 0.2) is 30.6 Å². The van der Waals surface area contributed by atoms with Gasteiger partial charge < -0.3 is 4.74 Å². The van der Waals surface area contributed by atoms with Crippen molar-refractivity contribution in [3.8, 4) is 11.3 Å². The molecule has 7 heteroatoms. The van der Waals surface area contributed by atoms with E-state index in [1.807, 2.05) is 25.4 Å². The lowest BCUT2D eigenvalue weighted by Crippen LogP contribution is -2.04. The minimum atomic E-state index is -0.555. The number of pyridine rings is 1. The first-order valence-electron chi connectivity index (χ1n) is 5.62. The Morgan fingerprint density at radius 1 is 1.37 bits per heavy atom. The molecule has 0 radical (unpaired) electrons. The highest BCUT2D eigenvalue weighted by Gasteiger charge is 2.15. The Morgan fingerprint density at radius 2 is 2.21 bits per heavy atom. The number of nitrogens with zero attached hydrogens (tertiary/aromatic N) is 5. The number of rotatable bonds is 2. The average Bonchev–Trinajstić information content (AvgIpc) is 3.03. The van der Waals surface area contributed by atoms with Gasteiger partial charge in [-0.15, -0.1) is 5.10 Å². The molecule has 3 heterocycles. The Hall–Kier alpha value is -2.70. The highest BCUT2D eigenvalue weighted by molar-refractivity contribution is 5.85. The number of hydrogen-bond donors (Lipinski definition) is 0. The van der Waals surface area contributed by atoms with Crippen molar-refractivity contribution < 1.29 is 9.53 Å². The third-order valence-electron chi connectivity index (χ3n) is 2.73. The van der Waals surface area contributed by atoms with E-state index in [2.05, 4.69) is 19.9 Å². The quantitative estimate of drug-likeness (QED) is 0.638. The third kappa shape index (κ3) is 1.85. The van der Waals surface area contributed by atoms with Crippen LogP contribution < -0.4 is 0 Å². The van der Waals surface area contributed by atoms with E-state index >= 15 is 0 Å². The molecule has 0 unspecified atom stereocenters. The SMILES string of the molecule is COC(=O)c1nc2cccc(-c3cnn(C)c3)n2n1. The van der Waals surface area contributed by atoms with E-state index in [0.717, 1.165) is 11.3 Å². The molecule has 96 valence electrons. The summed E-state index contributed by atoms with van der Waals surface area (Å²) >= 11 is 0. The van der Waals surface area contributed by atoms with Crippen LogP contribution in [0.5, 0.6) is 0 Å². The molecule has 0 saturated carbocycles. The molecule has 0 spiro atoms. The number of esters is 1. The van der Waals surface area contributed by atoms with Crippen molar-refractivity contribution in [1.82, 2.24) is 24.4 Å². The summed E-state index contributed by atoms with van der Waals surface area (Å²) in [7, 11) is 3.14. The molecule has 0 aromatic carbocycles. The van der Waals surface area contributed by atoms with Crippen molar-refractivity contribution in [2.45, 2.75) is 0 Å². The molecular formula is C12H11N5O2. The first-order valence-corrected chi connectivity index (χ1v) is 5.62. The van der Waals surface area contributed by atoms with Crippen LogP contribution in [0.25, 0.3) is 16.9 Å². The molecule has 7 nitrogen and oxygen atoms in total. The zero-order chi connectivity index (χ0) is 13.4. The van der Waals surface area contributed by atoms with E-state index in [1.54, 1.807) is 21.5 Å². The number of carbonyl (C=O) groups excluding carboxylic acids is 1. The minimum absolute atomic E-state index is 0.0406. The van der Waals surface area contributed by atoms with Crippen molar-refractivity contribution in [2.75, 3.05) is 7.11 Å². The van der Waals surface area contributed by atoms with Gasteiger partial charge in [0.15, 0.2) is 5.65 Å². The largest absolute Gasteiger partial charge is 0.463 e. The van der Waals surface area contributed by atoms with E-state index in [1.165, 1.54) is 7.11 Å². The lowest BCUT2D eigenvalue weighted by Gasteiger charge is -1.99. The van der Waals surface area contributed by atoms with Gasteiger partial charge in [0.25, 0.3) is 5.82 Å². The number of hydrogen-bond acceptors (Lipinski definition) is 5. The van der Waals surface area contributed by atoms with Gasteiger partial charge in [0.1, 0.15) is 0 Å². The fourth-order valence-corrected chi connectivity index (χ4v) is 1.86. The summed E-state index contributed by atoms with van der Waals surface area (Å²) in [6.45, 7) is 0. The van der Waals surface area contributed by atoms with Crippen LogP contribution in [0, 0.1) is 0 Å². The molecule has 0 aliphatic carbocycles. The van der Waals surface area contributed by atoms with E-state index in [4.69, 9.17) is 0 Å². The van der Waals surface area contributed by atoms with Crippen LogP contribution in [-0.2, 0) is 11.8 Å². The molecule has 0 N–H and O–H groups in total. The van der Waals surface area contributed by atoms with Gasteiger partial charge in [0.2, 0.25) is 0 Å². The molecule has 3 rings (SSSR count). The zero-order valence-corrected chi connectivity index (χ0v) is 10.4. The normalized spacial score (nSPS) is 10.8. The van der Waals surface area contributed by atoms with E-state index in [9.17, 15) is 4.79 Å². The predicted octanol–water partition coefficient (Wildman–Crippen LogP) is 0.916. The first-order chi connectivity index (χ1) is 9.19. The van der Waals surface area contributed by atoms with Crippen LogP contribution in [0.4, 0.5) is 0 Å². The molecule has 0 fully saturated rings. The standard InChI is InChI=1S/C12H11N5O2/c1-16-7-8(6-13-16)9-4-3-5-10-14-11(12(18)19-2)15-17(9)10/h3-7H,1-2H3. The van der Waals surface area contributed by atoms with E-state index in [0.29, 0.717) is 5.65 Å². The summed E-state index contributed by atoms with van der Waals surface area (Å²) in [5, 5.41) is 8.28. The molecule has 0 amide bonds. The van der Waals surface area contributed by atoms with E-state index < -0.39 is 5.97 Å². The number of ether oxygens (including phenoxy) is 1. The molecule has 19 heavy (non-hydrogen) atoms. The van der Waals surface area contributed by atoms with Gasteiger partial charge in [-0.1, -0.05) is 6.07 Å². The Morgan fingerprint density at radius 3 is 2.89 bits per heavy atom. The molecule has 3 aromatic heterocycles. The smallest absolute Gasteiger partial charge is 0.377 e. The van der Waals surface area contributed by atoms with Crippen LogP contribution >= 0.6 is 0 Å². The minimum Gasteiger partial charge on any atom is -0.463 e. The van der Waals surface area contributed by atoms with Crippen molar-refractivity contribution in [2.24, 2.45) is 7.05 Å². The first kappa shape index (κ1) is 11.4. The van der Waals surface area contributed by atoms with Crippen LogP contribution in [0.1, 0.15) is 10.6 Å². The summed E-state index contributed by atoms with van der Waals surface area (Å²) < 4.78 is 7.92. The number of aryl methyl sites for hydroxylation is 1. The molecule has 0 bridgehead atoms. The fraction of sp³-hybridized carbons (Fsp3) is 0.167. The van der Waals surface area contributed by atoms with Crippen molar-refractivity contribution in [3.63, 3.8) is 0 Å². The summed E-state index contributed by atoms with van der Waals surface area (Å²) in [4.78, 5) is 15.6. The van der Waals surface area contributed by atoms with Gasteiger partial charge >= 0.3 is 5.97 Å². The lowest BCUT2D eigenvalue weighted by atomic mass is 10.2. The second-order valence-electron chi connectivity index (χ2n) is 4.01. The summed E-state index contributed by atoms with van der Waals surface area (Å²) in [6, 6.07) is 5.52. The molecule has 0 aliphatic heterocycles. The summed E-state index contributed by atoms with van der Waals surface area (Å²) in [5.74, 6) is -0.514.